The second-order valence-corrected chi connectivity index (χ2v) is 5.31. The second kappa shape index (κ2) is 6.40. The fraction of sp³-hybridized carbons (Fsp3) is 0.615. The van der Waals surface area contributed by atoms with E-state index in [4.69, 9.17) is 4.74 Å². The molecule has 7 nitrogen and oxygen atoms in total. The highest BCUT2D eigenvalue weighted by Crippen LogP contribution is 2.35. The molecule has 1 fully saturated rings. The molecule has 0 bridgehead atoms. The van der Waals surface area contributed by atoms with Crippen LogP contribution in [-0.4, -0.2) is 34.8 Å². The van der Waals surface area contributed by atoms with Crippen molar-refractivity contribution in [3.05, 3.63) is 11.8 Å². The monoisotopic (exact) mass is 280 g/mol. The highest BCUT2D eigenvalue weighted by atomic mass is 16.6. The molecule has 0 aromatic carbocycles. The van der Waals surface area contributed by atoms with Crippen molar-refractivity contribution in [2.45, 2.75) is 51.2 Å². The molecule has 2 atom stereocenters. The first-order valence-corrected chi connectivity index (χ1v) is 6.81. The summed E-state index contributed by atoms with van der Waals surface area (Å²) in [5.74, 6) is 0.790. The number of nitrogens with one attached hydrogen (secondary N) is 3. The van der Waals surface area contributed by atoms with Gasteiger partial charge in [0.05, 0.1) is 0 Å². The third kappa shape index (κ3) is 3.72. The molecule has 1 saturated carbocycles. The molecule has 20 heavy (non-hydrogen) atoms. The van der Waals surface area contributed by atoms with Gasteiger partial charge in [-0.3, -0.25) is 9.89 Å². The molecule has 1 aliphatic carbocycles. The smallest absolute Gasteiger partial charge is 0.407 e. The highest BCUT2D eigenvalue weighted by Gasteiger charge is 2.29. The number of carbonyl (C=O) groups is 2. The lowest BCUT2D eigenvalue weighted by molar-refractivity contribution is -0.105. The first kappa shape index (κ1) is 14.4. The van der Waals surface area contributed by atoms with Gasteiger partial charge in [-0.05, 0) is 33.1 Å². The summed E-state index contributed by atoms with van der Waals surface area (Å²) in [6.07, 6.45) is 2.71. The Morgan fingerprint density at radius 1 is 1.55 bits per heavy atom. The summed E-state index contributed by atoms with van der Waals surface area (Å²) in [5.41, 5.74) is 0.963. The standard InChI is InChI=1S/C13H20N4O3/c1-8(2)15-13(19)20-10-4-3-9(5-10)11-6-12(14-7-18)17-16-11/h6-10H,3-5H2,1-2H3,(H,15,19)(H2,14,16,17,18)/t9-,10+/m0/s1. The van der Waals surface area contributed by atoms with Gasteiger partial charge < -0.3 is 15.4 Å². The SMILES string of the molecule is CC(C)NC(=O)O[C@@H]1CC[C@H](c2cc(NC=O)n[nH]2)C1. The molecule has 110 valence electrons. The van der Waals surface area contributed by atoms with Gasteiger partial charge in [-0.15, -0.1) is 0 Å². The number of hydrogen-bond acceptors (Lipinski definition) is 4. The molecule has 2 rings (SSSR count). The van der Waals surface area contributed by atoms with Gasteiger partial charge in [-0.1, -0.05) is 0 Å². The predicted molar refractivity (Wildman–Crippen MR) is 73.4 cm³/mol. The van der Waals surface area contributed by atoms with Gasteiger partial charge in [0, 0.05) is 23.7 Å². The number of alkyl carbamates (subject to hydrolysis) is 1. The first-order valence-electron chi connectivity index (χ1n) is 6.81. The van der Waals surface area contributed by atoms with Crippen LogP contribution in [0.15, 0.2) is 6.07 Å². The third-order valence-electron chi connectivity index (χ3n) is 3.31. The van der Waals surface area contributed by atoms with Gasteiger partial charge in [-0.25, -0.2) is 4.79 Å². The molecule has 0 saturated heterocycles. The number of aromatic amines is 1. The summed E-state index contributed by atoms with van der Waals surface area (Å²) < 4.78 is 5.37. The van der Waals surface area contributed by atoms with Crippen LogP contribution in [0.1, 0.15) is 44.7 Å². The molecule has 1 heterocycles. The normalized spacial score (nSPS) is 21.8. The minimum absolute atomic E-state index is 0.0652. The van der Waals surface area contributed by atoms with E-state index in [2.05, 4.69) is 20.8 Å². The Morgan fingerprint density at radius 2 is 2.35 bits per heavy atom. The van der Waals surface area contributed by atoms with Crippen molar-refractivity contribution >= 4 is 18.3 Å². The third-order valence-corrected chi connectivity index (χ3v) is 3.31. The minimum Gasteiger partial charge on any atom is -0.446 e. The molecule has 7 heteroatoms. The van der Waals surface area contributed by atoms with Crippen LogP contribution in [0.2, 0.25) is 0 Å². The van der Waals surface area contributed by atoms with Crippen molar-refractivity contribution in [1.29, 1.82) is 0 Å². The lowest BCUT2D eigenvalue weighted by Crippen LogP contribution is -2.33. The van der Waals surface area contributed by atoms with Gasteiger partial charge >= 0.3 is 6.09 Å². The lowest BCUT2D eigenvalue weighted by Gasteiger charge is -2.14. The van der Waals surface area contributed by atoms with Crippen molar-refractivity contribution in [3.63, 3.8) is 0 Å². The van der Waals surface area contributed by atoms with Gasteiger partial charge in [0.1, 0.15) is 6.10 Å². The number of rotatable bonds is 5. The minimum atomic E-state index is -0.362. The van der Waals surface area contributed by atoms with Crippen molar-refractivity contribution < 1.29 is 14.3 Å². The Morgan fingerprint density at radius 3 is 3.05 bits per heavy atom. The van der Waals surface area contributed by atoms with Crippen LogP contribution in [-0.2, 0) is 9.53 Å². The fourth-order valence-corrected chi connectivity index (χ4v) is 2.43. The van der Waals surface area contributed by atoms with Crippen LogP contribution in [0, 0.1) is 0 Å². The summed E-state index contributed by atoms with van der Waals surface area (Å²) >= 11 is 0. The number of hydrogen-bond donors (Lipinski definition) is 3. The average molecular weight is 280 g/mol. The topological polar surface area (TPSA) is 96.1 Å². The van der Waals surface area contributed by atoms with Crippen LogP contribution >= 0.6 is 0 Å². The Bertz CT molecular complexity index is 472. The molecule has 1 aromatic heterocycles. The van der Waals surface area contributed by atoms with E-state index in [1.54, 1.807) is 0 Å². The Hall–Kier alpha value is -2.05. The van der Waals surface area contributed by atoms with Gasteiger partial charge in [0.2, 0.25) is 6.41 Å². The first-order chi connectivity index (χ1) is 9.58. The molecule has 0 spiro atoms. The van der Waals surface area contributed by atoms with Crippen molar-refractivity contribution in [1.82, 2.24) is 15.5 Å². The van der Waals surface area contributed by atoms with Gasteiger partial charge in [0.15, 0.2) is 5.82 Å². The lowest BCUT2D eigenvalue weighted by atomic mass is 10.0. The van der Waals surface area contributed by atoms with E-state index in [9.17, 15) is 9.59 Å². The number of aromatic nitrogens is 2. The van der Waals surface area contributed by atoms with E-state index < -0.39 is 0 Å². The van der Waals surface area contributed by atoms with E-state index in [1.165, 1.54) is 0 Å². The molecule has 1 aromatic rings. The van der Waals surface area contributed by atoms with E-state index in [0.717, 1.165) is 25.0 Å². The van der Waals surface area contributed by atoms with E-state index in [0.29, 0.717) is 12.2 Å². The van der Waals surface area contributed by atoms with Gasteiger partial charge in [0.25, 0.3) is 0 Å². The Kier molecular flexibility index (Phi) is 4.60. The number of amides is 2. The van der Waals surface area contributed by atoms with Crippen LogP contribution in [0.25, 0.3) is 0 Å². The van der Waals surface area contributed by atoms with E-state index >= 15 is 0 Å². The molecular weight excluding hydrogens is 260 g/mol. The second-order valence-electron chi connectivity index (χ2n) is 5.31. The Labute approximate surface area is 117 Å². The van der Waals surface area contributed by atoms with Crippen LogP contribution in [0.5, 0.6) is 0 Å². The van der Waals surface area contributed by atoms with Crippen LogP contribution in [0.3, 0.4) is 0 Å². The maximum Gasteiger partial charge on any atom is 0.407 e. The van der Waals surface area contributed by atoms with Crippen molar-refractivity contribution in [2.75, 3.05) is 5.32 Å². The molecule has 0 unspecified atom stereocenters. The number of nitrogens with zero attached hydrogens (tertiary/aromatic N) is 1. The molecule has 3 N–H and O–H groups in total. The van der Waals surface area contributed by atoms with E-state index in [-0.39, 0.29) is 24.2 Å². The largest absolute Gasteiger partial charge is 0.446 e. The number of H-pyrrole nitrogens is 1. The molecule has 1 aliphatic rings. The Balaban J connectivity index is 1.85. The number of anilines is 1. The van der Waals surface area contributed by atoms with Crippen LogP contribution in [0.4, 0.5) is 10.6 Å². The van der Waals surface area contributed by atoms with Crippen molar-refractivity contribution in [3.8, 4) is 0 Å². The summed E-state index contributed by atoms with van der Waals surface area (Å²) in [5, 5.41) is 12.1. The summed E-state index contributed by atoms with van der Waals surface area (Å²) in [7, 11) is 0. The summed E-state index contributed by atoms with van der Waals surface area (Å²) in [4.78, 5) is 21.9. The fourth-order valence-electron chi connectivity index (χ4n) is 2.43. The number of carbonyl (C=O) groups excluding carboxylic acids is 2. The predicted octanol–water partition coefficient (Wildman–Crippen LogP) is 1.75. The van der Waals surface area contributed by atoms with E-state index in [1.807, 2.05) is 19.9 Å². The zero-order valence-electron chi connectivity index (χ0n) is 11.7. The molecule has 2 amide bonds. The quantitative estimate of drug-likeness (QED) is 0.716. The number of ether oxygens (including phenoxy) is 1. The van der Waals surface area contributed by atoms with Crippen molar-refractivity contribution in [2.24, 2.45) is 0 Å². The van der Waals surface area contributed by atoms with Gasteiger partial charge in [-0.2, -0.15) is 5.10 Å². The maximum absolute atomic E-state index is 11.5. The molecule has 0 aliphatic heterocycles. The van der Waals surface area contributed by atoms with Crippen LogP contribution < -0.4 is 10.6 Å². The zero-order chi connectivity index (χ0) is 14.5. The highest BCUT2D eigenvalue weighted by molar-refractivity contribution is 5.69. The maximum atomic E-state index is 11.5. The molecule has 0 radical (unpaired) electrons. The molecular formula is C13H20N4O3. The average Bonchev–Trinajstić information content (AvgIpc) is 2.97. The summed E-state index contributed by atoms with van der Waals surface area (Å²) in [6, 6.07) is 1.89. The summed E-state index contributed by atoms with van der Waals surface area (Å²) in [6.45, 7) is 3.79. The zero-order valence-corrected chi connectivity index (χ0v) is 11.7.